The van der Waals surface area contributed by atoms with E-state index < -0.39 is 32.7 Å². The van der Waals surface area contributed by atoms with Crippen molar-refractivity contribution in [1.29, 1.82) is 0 Å². The molecule has 0 amide bonds. The van der Waals surface area contributed by atoms with E-state index >= 15 is 4.39 Å². The molecule has 4 N–H and O–H groups in total. The van der Waals surface area contributed by atoms with Crippen molar-refractivity contribution in [3.05, 3.63) is 60.2 Å². The number of nitrogens with zero attached hydrogens (tertiary/aromatic N) is 6. The molecule has 1 unspecified atom stereocenters. The molecule has 2 aromatic heterocycles. The van der Waals surface area contributed by atoms with Crippen molar-refractivity contribution >= 4 is 43.6 Å². The van der Waals surface area contributed by atoms with Gasteiger partial charge in [-0.15, -0.1) is 0 Å². The van der Waals surface area contributed by atoms with Crippen LogP contribution in [0, 0.1) is 5.82 Å². The molecule has 4 aromatic rings. The fourth-order valence-corrected chi connectivity index (χ4v) is 8.14. The molecule has 6 rings (SSSR count). The fraction of sp³-hybridized carbons (Fsp3) is 0.414. The van der Waals surface area contributed by atoms with Crippen molar-refractivity contribution in [2.24, 2.45) is 0 Å². The molecule has 2 aliphatic rings. The molecule has 2 aromatic carbocycles. The quantitative estimate of drug-likeness (QED) is 0.243. The number of piperazine rings is 1. The highest BCUT2D eigenvalue weighted by Crippen LogP contribution is 2.37. The summed E-state index contributed by atoms with van der Waals surface area (Å²) in [5.41, 5.74) is 7.58. The Balaban J connectivity index is 1.23. The maximum absolute atomic E-state index is 15.4. The lowest BCUT2D eigenvalue weighted by Gasteiger charge is -2.41. The molecule has 0 bridgehead atoms. The number of hydrogen-bond donors (Lipinski definition) is 3. The second kappa shape index (κ2) is 12.5. The number of rotatable bonds is 8. The monoisotopic (exact) mass is 642 g/mol. The van der Waals surface area contributed by atoms with Gasteiger partial charge in [-0.1, -0.05) is 24.3 Å². The van der Waals surface area contributed by atoms with Crippen LogP contribution in [0.25, 0.3) is 22.3 Å². The van der Waals surface area contributed by atoms with Crippen LogP contribution in [-0.2, 0) is 26.9 Å². The average molecular weight is 643 g/mol. The van der Waals surface area contributed by atoms with Gasteiger partial charge in [0.05, 0.1) is 27.8 Å². The molecule has 3 heterocycles. The molecule has 0 spiro atoms. The summed E-state index contributed by atoms with van der Waals surface area (Å²) in [4.78, 5) is 13.6. The van der Waals surface area contributed by atoms with Crippen molar-refractivity contribution < 1.29 is 21.6 Å². The van der Waals surface area contributed by atoms with Gasteiger partial charge in [0.25, 0.3) is 0 Å². The zero-order valence-corrected chi connectivity index (χ0v) is 25.9. The summed E-state index contributed by atoms with van der Waals surface area (Å²) in [5.74, 6) is -1.18. The van der Waals surface area contributed by atoms with Crippen LogP contribution in [0.4, 0.5) is 15.9 Å². The van der Waals surface area contributed by atoms with E-state index in [1.165, 1.54) is 36.7 Å². The Labute approximate surface area is 257 Å². The first-order valence-electron chi connectivity index (χ1n) is 14.5. The smallest absolute Gasteiger partial charge is 0.237 e. The maximum atomic E-state index is 15.4. The zero-order valence-electron chi connectivity index (χ0n) is 24.3. The molecule has 1 atom stereocenters. The minimum Gasteiger partial charge on any atom is -0.383 e. The van der Waals surface area contributed by atoms with Crippen molar-refractivity contribution in [2.75, 3.05) is 43.7 Å². The van der Waals surface area contributed by atoms with E-state index in [9.17, 15) is 17.2 Å². The van der Waals surface area contributed by atoms with E-state index in [1.54, 1.807) is 12.1 Å². The molecule has 1 saturated heterocycles. The fourth-order valence-electron chi connectivity index (χ4n) is 6.25. The zero-order chi connectivity index (χ0) is 31.0. The molecular formula is C29H35FN8O4S2. The average Bonchev–Trinajstić information content (AvgIpc) is 3.40. The number of nitrogen functional groups attached to an aromatic ring is 1. The van der Waals surface area contributed by atoms with Gasteiger partial charge in [0.15, 0.2) is 16.7 Å². The number of halogens is 1. The number of nitrogens with two attached hydrogens (primary N) is 1. The molecular weight excluding hydrogens is 608 g/mol. The topological polar surface area (TPSA) is 160 Å². The third-order valence-corrected chi connectivity index (χ3v) is 10.6. The van der Waals surface area contributed by atoms with Gasteiger partial charge in [-0.05, 0) is 56.5 Å². The number of anilines is 2. The summed E-state index contributed by atoms with van der Waals surface area (Å²) >= 11 is -2.37. The maximum Gasteiger partial charge on any atom is 0.237 e. The number of hydrogen-bond acceptors (Lipinski definition) is 9. The minimum absolute atomic E-state index is 0.0243. The summed E-state index contributed by atoms with van der Waals surface area (Å²) in [6, 6.07) is 10.7. The van der Waals surface area contributed by atoms with Crippen LogP contribution >= 0.6 is 0 Å². The normalized spacial score (nSPS) is 21.0. The van der Waals surface area contributed by atoms with Gasteiger partial charge in [-0.25, -0.2) is 31.7 Å². The Morgan fingerprint density at radius 3 is 2.45 bits per heavy atom. The standard InChI is InChI=1S/C29H35FN8O4S2/c1-36-12-14-37(15-13-36)21-7-9-22(10-8-21)38-29-26(28(31)32-18-33-29)27(34-38)19-6-11-24(23(30)16-19)35-44(41,42)17-20-4-2-3-5-25(20)43(39)40/h2-6,11,16,18,21-22,35H,7-10,12-15,17H2,1H3,(H,39,40)(H2,31,32,33). The lowest BCUT2D eigenvalue weighted by Crippen LogP contribution is -2.49. The third-order valence-electron chi connectivity index (χ3n) is 8.60. The van der Waals surface area contributed by atoms with E-state index in [4.69, 9.17) is 10.8 Å². The van der Waals surface area contributed by atoms with E-state index in [0.29, 0.717) is 28.3 Å². The van der Waals surface area contributed by atoms with Crippen LogP contribution in [0.15, 0.2) is 53.7 Å². The van der Waals surface area contributed by atoms with Crippen LogP contribution < -0.4 is 10.5 Å². The number of nitrogens with one attached hydrogen (secondary N) is 1. The SMILES string of the molecule is CN1CCN(C2CCC(n3nc(-c4ccc(NS(=O)(=O)Cc5ccccc5S(=O)O)c(F)c4)c4c(N)ncnc43)CC2)CC1. The van der Waals surface area contributed by atoms with Gasteiger partial charge in [0.1, 0.15) is 23.7 Å². The highest BCUT2D eigenvalue weighted by molar-refractivity contribution is 7.92. The second-order valence-corrected chi connectivity index (χ2v) is 14.1. The van der Waals surface area contributed by atoms with Crippen molar-refractivity contribution in [1.82, 2.24) is 29.5 Å². The van der Waals surface area contributed by atoms with Crippen molar-refractivity contribution in [3.63, 3.8) is 0 Å². The third kappa shape index (κ3) is 6.33. The Morgan fingerprint density at radius 1 is 1.05 bits per heavy atom. The Kier molecular flexibility index (Phi) is 8.66. The molecule has 1 saturated carbocycles. The Hall–Kier alpha value is -3.50. The Morgan fingerprint density at radius 2 is 1.75 bits per heavy atom. The van der Waals surface area contributed by atoms with Gasteiger partial charge in [0, 0.05) is 37.8 Å². The van der Waals surface area contributed by atoms with Crippen molar-refractivity contribution in [3.8, 4) is 11.3 Å². The van der Waals surface area contributed by atoms with Crippen LogP contribution in [0.2, 0.25) is 0 Å². The van der Waals surface area contributed by atoms with Crippen LogP contribution in [0.3, 0.4) is 0 Å². The summed E-state index contributed by atoms with van der Waals surface area (Å²) in [5, 5.41) is 5.40. The van der Waals surface area contributed by atoms with E-state index in [2.05, 4.69) is 31.5 Å². The number of benzene rings is 2. The van der Waals surface area contributed by atoms with Crippen LogP contribution in [-0.4, -0.2) is 86.0 Å². The summed E-state index contributed by atoms with van der Waals surface area (Å²) in [7, 11) is -1.95. The molecule has 12 nitrogen and oxygen atoms in total. The number of fused-ring (bicyclic) bond motifs is 1. The predicted octanol–water partition coefficient (Wildman–Crippen LogP) is 3.47. The first-order valence-corrected chi connectivity index (χ1v) is 17.3. The van der Waals surface area contributed by atoms with Gasteiger partial charge in [-0.2, -0.15) is 5.10 Å². The lowest BCUT2D eigenvalue weighted by molar-refractivity contribution is 0.0815. The van der Waals surface area contributed by atoms with Crippen molar-refractivity contribution in [2.45, 2.75) is 48.4 Å². The number of likely N-dealkylation sites (N-methyl/N-ethyl adjacent to an activating group) is 1. The second-order valence-electron chi connectivity index (χ2n) is 11.5. The summed E-state index contributed by atoms with van der Waals surface area (Å²) in [6.45, 7) is 4.33. The van der Waals surface area contributed by atoms with E-state index in [-0.39, 0.29) is 28.0 Å². The molecule has 1 aliphatic heterocycles. The molecule has 44 heavy (non-hydrogen) atoms. The predicted molar refractivity (Wildman–Crippen MR) is 167 cm³/mol. The van der Waals surface area contributed by atoms with E-state index in [0.717, 1.165) is 51.9 Å². The van der Waals surface area contributed by atoms with Gasteiger partial charge in [-0.3, -0.25) is 9.62 Å². The molecule has 234 valence electrons. The summed E-state index contributed by atoms with van der Waals surface area (Å²) in [6.07, 6.45) is 5.36. The van der Waals surface area contributed by atoms with Gasteiger partial charge in [0.2, 0.25) is 10.0 Å². The van der Waals surface area contributed by atoms with Crippen LogP contribution in [0.1, 0.15) is 37.3 Å². The first kappa shape index (κ1) is 30.5. The molecule has 15 heteroatoms. The highest BCUT2D eigenvalue weighted by Gasteiger charge is 2.31. The number of sulfonamides is 1. The van der Waals surface area contributed by atoms with E-state index in [1.807, 2.05) is 4.68 Å². The lowest BCUT2D eigenvalue weighted by atomic mass is 9.90. The molecule has 0 radical (unpaired) electrons. The largest absolute Gasteiger partial charge is 0.383 e. The first-order chi connectivity index (χ1) is 21.1. The minimum atomic E-state index is -4.11. The molecule has 2 fully saturated rings. The Bertz CT molecular complexity index is 1800. The van der Waals surface area contributed by atoms with Gasteiger partial charge < -0.3 is 15.2 Å². The summed E-state index contributed by atoms with van der Waals surface area (Å²) < 4.78 is 66.4. The highest BCUT2D eigenvalue weighted by atomic mass is 32.2. The number of aromatic nitrogens is 4. The molecule has 1 aliphatic carbocycles. The van der Waals surface area contributed by atoms with Gasteiger partial charge >= 0.3 is 0 Å². The van der Waals surface area contributed by atoms with Crippen LogP contribution in [0.5, 0.6) is 0 Å².